The number of carbonyl (C=O) groups excluding carboxylic acids is 1. The second-order valence-electron chi connectivity index (χ2n) is 6.22. The average Bonchev–Trinajstić information content (AvgIpc) is 3.28. The molecule has 1 saturated heterocycles. The van der Waals surface area contributed by atoms with Crippen molar-refractivity contribution in [1.82, 2.24) is 10.1 Å². The van der Waals surface area contributed by atoms with Crippen LogP contribution in [0, 0.1) is 6.92 Å². The highest BCUT2D eigenvalue weighted by Crippen LogP contribution is 2.41. The number of fused-ring (bicyclic) bond motifs is 1. The highest BCUT2D eigenvalue weighted by molar-refractivity contribution is 5.96. The number of hydrogen-bond donors (Lipinski definition) is 0. The van der Waals surface area contributed by atoms with E-state index in [2.05, 4.69) is 5.16 Å². The summed E-state index contributed by atoms with van der Waals surface area (Å²) in [7, 11) is 1.55. The third kappa shape index (κ3) is 2.79. The number of carbonyl (C=O) groups is 1. The van der Waals surface area contributed by atoms with Gasteiger partial charge in [-0.05, 0) is 31.9 Å². The first kappa shape index (κ1) is 15.8. The van der Waals surface area contributed by atoms with Crippen LogP contribution >= 0.6 is 0 Å². The molecule has 0 N–H and O–H groups in total. The predicted molar refractivity (Wildman–Crippen MR) is 88.2 cm³/mol. The Bertz CT molecular complexity index is 784. The van der Waals surface area contributed by atoms with Crippen molar-refractivity contribution in [1.29, 1.82) is 0 Å². The molecule has 7 nitrogen and oxygen atoms in total. The van der Waals surface area contributed by atoms with Gasteiger partial charge in [0.2, 0.25) is 5.75 Å². The third-order valence-electron chi connectivity index (χ3n) is 4.58. The lowest BCUT2D eigenvalue weighted by Gasteiger charge is -2.25. The molecule has 1 aromatic heterocycles. The lowest BCUT2D eigenvalue weighted by Crippen LogP contribution is -2.31. The Morgan fingerprint density at radius 1 is 1.28 bits per heavy atom. The van der Waals surface area contributed by atoms with Gasteiger partial charge >= 0.3 is 0 Å². The quantitative estimate of drug-likeness (QED) is 0.852. The van der Waals surface area contributed by atoms with Crippen molar-refractivity contribution >= 4 is 5.91 Å². The number of methoxy groups -OCH3 is 1. The molecule has 0 radical (unpaired) electrons. The number of aromatic nitrogens is 1. The Morgan fingerprint density at radius 2 is 2.12 bits per heavy atom. The summed E-state index contributed by atoms with van der Waals surface area (Å²) in [6, 6.07) is 5.26. The maximum Gasteiger partial charge on any atom is 0.254 e. The molecule has 4 rings (SSSR count). The van der Waals surface area contributed by atoms with Gasteiger partial charge in [0.1, 0.15) is 24.7 Å². The van der Waals surface area contributed by atoms with Crippen LogP contribution < -0.4 is 14.2 Å². The van der Waals surface area contributed by atoms with Gasteiger partial charge in [-0.2, -0.15) is 0 Å². The van der Waals surface area contributed by atoms with Crippen molar-refractivity contribution in [3.05, 3.63) is 35.2 Å². The molecular formula is C18H20N2O5. The van der Waals surface area contributed by atoms with Gasteiger partial charge in [0.05, 0.1) is 13.2 Å². The first-order chi connectivity index (χ1) is 12.2. The number of ether oxygens (including phenoxy) is 3. The molecule has 1 amide bonds. The van der Waals surface area contributed by atoms with Crippen molar-refractivity contribution in [3.63, 3.8) is 0 Å². The van der Waals surface area contributed by atoms with Crippen molar-refractivity contribution in [2.75, 3.05) is 26.9 Å². The molecule has 2 aliphatic heterocycles. The summed E-state index contributed by atoms with van der Waals surface area (Å²) in [5.41, 5.74) is 1.32. The normalized spacial score (nSPS) is 19.1. The topological polar surface area (TPSA) is 74.0 Å². The maximum atomic E-state index is 13.1. The molecule has 2 aromatic rings. The molecule has 25 heavy (non-hydrogen) atoms. The van der Waals surface area contributed by atoms with Crippen LogP contribution in [-0.4, -0.2) is 42.8 Å². The van der Waals surface area contributed by atoms with E-state index in [1.54, 1.807) is 19.2 Å². The van der Waals surface area contributed by atoms with Crippen LogP contribution in [0.15, 0.2) is 22.7 Å². The fraction of sp³-hybridized carbons (Fsp3) is 0.444. The Labute approximate surface area is 145 Å². The van der Waals surface area contributed by atoms with Gasteiger partial charge in [-0.3, -0.25) is 4.79 Å². The molecule has 1 atom stereocenters. The van der Waals surface area contributed by atoms with Crippen LogP contribution in [0.25, 0.3) is 0 Å². The van der Waals surface area contributed by atoms with Gasteiger partial charge in [-0.15, -0.1) is 0 Å². The van der Waals surface area contributed by atoms with Crippen LogP contribution in [-0.2, 0) is 0 Å². The van der Waals surface area contributed by atoms with E-state index in [1.807, 2.05) is 17.9 Å². The largest absolute Gasteiger partial charge is 0.493 e. The number of nitrogens with zero attached hydrogens (tertiary/aromatic N) is 2. The van der Waals surface area contributed by atoms with Crippen LogP contribution in [0.5, 0.6) is 17.2 Å². The number of hydrogen-bond acceptors (Lipinski definition) is 6. The summed E-state index contributed by atoms with van der Waals surface area (Å²) in [5.74, 6) is 2.28. The Hall–Kier alpha value is -2.70. The standard InChI is InChI=1S/C18H20N2O5/c1-11-8-13(19-25-11)14-4-3-5-20(14)18(21)12-9-15(22-2)17-16(10-12)23-6-7-24-17/h8-10,14H,3-7H2,1-2H3. The molecule has 132 valence electrons. The summed E-state index contributed by atoms with van der Waals surface area (Å²) in [6.45, 7) is 3.46. The summed E-state index contributed by atoms with van der Waals surface area (Å²) in [6.07, 6.45) is 1.81. The number of benzene rings is 1. The molecule has 1 unspecified atom stereocenters. The fourth-order valence-corrected chi connectivity index (χ4v) is 3.42. The summed E-state index contributed by atoms with van der Waals surface area (Å²) < 4.78 is 21.8. The Kier molecular flexibility index (Phi) is 3.99. The molecule has 3 heterocycles. The number of amides is 1. The zero-order chi connectivity index (χ0) is 17.4. The summed E-state index contributed by atoms with van der Waals surface area (Å²) in [5, 5.41) is 4.09. The van der Waals surface area contributed by atoms with E-state index in [4.69, 9.17) is 18.7 Å². The Balaban J connectivity index is 1.66. The van der Waals surface area contributed by atoms with E-state index in [0.29, 0.717) is 42.6 Å². The molecule has 0 bridgehead atoms. The van der Waals surface area contributed by atoms with Gasteiger partial charge in [-0.25, -0.2) is 0 Å². The van der Waals surface area contributed by atoms with Crippen molar-refractivity contribution in [2.24, 2.45) is 0 Å². The first-order valence-corrected chi connectivity index (χ1v) is 8.39. The minimum atomic E-state index is -0.0709. The van der Waals surface area contributed by atoms with Gasteiger partial charge in [-0.1, -0.05) is 5.16 Å². The fourth-order valence-electron chi connectivity index (χ4n) is 3.42. The van der Waals surface area contributed by atoms with Gasteiger partial charge in [0, 0.05) is 18.2 Å². The molecule has 1 fully saturated rings. The highest BCUT2D eigenvalue weighted by Gasteiger charge is 2.33. The molecule has 0 spiro atoms. The maximum absolute atomic E-state index is 13.1. The van der Waals surface area contributed by atoms with Crippen molar-refractivity contribution < 1.29 is 23.5 Å². The zero-order valence-electron chi connectivity index (χ0n) is 14.3. The van der Waals surface area contributed by atoms with E-state index < -0.39 is 0 Å². The highest BCUT2D eigenvalue weighted by atomic mass is 16.6. The van der Waals surface area contributed by atoms with Crippen molar-refractivity contribution in [2.45, 2.75) is 25.8 Å². The lowest BCUT2D eigenvalue weighted by atomic mass is 10.1. The van der Waals surface area contributed by atoms with E-state index >= 15 is 0 Å². The van der Waals surface area contributed by atoms with Crippen LogP contribution in [0.3, 0.4) is 0 Å². The van der Waals surface area contributed by atoms with Crippen LogP contribution in [0.4, 0.5) is 0 Å². The van der Waals surface area contributed by atoms with Gasteiger partial charge in [0.25, 0.3) is 5.91 Å². The second-order valence-corrected chi connectivity index (χ2v) is 6.22. The van der Waals surface area contributed by atoms with Crippen LogP contribution in [0.1, 0.15) is 40.7 Å². The average molecular weight is 344 g/mol. The molecule has 0 aliphatic carbocycles. The SMILES string of the molecule is COc1cc(C(=O)N2CCCC2c2cc(C)on2)cc2c1OCCO2. The molecule has 1 aromatic carbocycles. The number of likely N-dealkylation sites (tertiary alicyclic amines) is 1. The zero-order valence-corrected chi connectivity index (χ0v) is 14.3. The Morgan fingerprint density at radius 3 is 2.88 bits per heavy atom. The molecule has 7 heteroatoms. The van der Waals surface area contributed by atoms with E-state index in [9.17, 15) is 4.79 Å². The summed E-state index contributed by atoms with van der Waals surface area (Å²) >= 11 is 0. The predicted octanol–water partition coefficient (Wildman–Crippen LogP) is 2.74. The van der Waals surface area contributed by atoms with Gasteiger partial charge in [0.15, 0.2) is 11.5 Å². The van der Waals surface area contributed by atoms with Crippen molar-refractivity contribution in [3.8, 4) is 17.2 Å². The van der Waals surface area contributed by atoms with E-state index in [0.717, 1.165) is 24.3 Å². The van der Waals surface area contributed by atoms with Crippen LogP contribution in [0.2, 0.25) is 0 Å². The third-order valence-corrected chi connectivity index (χ3v) is 4.58. The van der Waals surface area contributed by atoms with E-state index in [-0.39, 0.29) is 11.9 Å². The first-order valence-electron chi connectivity index (χ1n) is 8.39. The second kappa shape index (κ2) is 6.31. The molecule has 2 aliphatic rings. The lowest BCUT2D eigenvalue weighted by molar-refractivity contribution is 0.0729. The smallest absolute Gasteiger partial charge is 0.254 e. The number of rotatable bonds is 3. The minimum absolute atomic E-state index is 0.0656. The molecular weight excluding hydrogens is 324 g/mol. The number of aryl methyl sites for hydroxylation is 1. The summed E-state index contributed by atoms with van der Waals surface area (Å²) in [4.78, 5) is 14.9. The van der Waals surface area contributed by atoms with E-state index in [1.165, 1.54) is 0 Å². The minimum Gasteiger partial charge on any atom is -0.493 e. The monoisotopic (exact) mass is 344 g/mol. The molecule has 0 saturated carbocycles. The van der Waals surface area contributed by atoms with Gasteiger partial charge < -0.3 is 23.6 Å².